The van der Waals surface area contributed by atoms with E-state index in [1.165, 1.54) is 0 Å². The molecule has 1 N–H and O–H groups in total. The summed E-state index contributed by atoms with van der Waals surface area (Å²) in [7, 11) is 0. The van der Waals surface area contributed by atoms with Gasteiger partial charge in [-0.3, -0.25) is 0 Å². The van der Waals surface area contributed by atoms with Gasteiger partial charge in [-0.25, -0.2) is 4.79 Å². The number of ether oxygens (including phenoxy) is 1. The SMILES string of the molecule is CC(C)(C)OC(=O)NCCc1cc(Cl)cc(Br)c1. The van der Waals surface area contributed by atoms with Crippen LogP contribution in [0.4, 0.5) is 4.79 Å². The second kappa shape index (κ2) is 6.43. The van der Waals surface area contributed by atoms with Crippen LogP contribution in [0, 0.1) is 0 Å². The van der Waals surface area contributed by atoms with Gasteiger partial charge in [0, 0.05) is 16.0 Å². The lowest BCUT2D eigenvalue weighted by Crippen LogP contribution is -2.33. The highest BCUT2D eigenvalue weighted by atomic mass is 79.9. The van der Waals surface area contributed by atoms with Gasteiger partial charge in [-0.1, -0.05) is 27.5 Å². The molecule has 0 bridgehead atoms. The number of halogens is 2. The topological polar surface area (TPSA) is 38.3 Å². The van der Waals surface area contributed by atoms with Gasteiger partial charge < -0.3 is 10.1 Å². The molecule has 1 amide bonds. The fraction of sp³-hybridized carbons (Fsp3) is 0.462. The summed E-state index contributed by atoms with van der Waals surface area (Å²) in [6.07, 6.45) is 0.307. The molecule has 1 aromatic carbocycles. The highest BCUT2D eigenvalue weighted by Gasteiger charge is 2.15. The van der Waals surface area contributed by atoms with Crippen molar-refractivity contribution < 1.29 is 9.53 Å². The molecule has 0 saturated heterocycles. The van der Waals surface area contributed by atoms with Crippen LogP contribution < -0.4 is 5.32 Å². The summed E-state index contributed by atoms with van der Waals surface area (Å²) in [4.78, 5) is 11.4. The van der Waals surface area contributed by atoms with Crippen molar-refractivity contribution in [3.8, 4) is 0 Å². The first-order chi connectivity index (χ1) is 8.26. The minimum absolute atomic E-state index is 0.399. The maximum absolute atomic E-state index is 11.4. The number of carbonyl (C=O) groups is 1. The van der Waals surface area contributed by atoms with E-state index in [2.05, 4.69) is 21.2 Å². The van der Waals surface area contributed by atoms with Crippen molar-refractivity contribution in [2.45, 2.75) is 32.8 Å². The molecule has 1 aromatic rings. The number of benzene rings is 1. The van der Waals surface area contributed by atoms with Crippen molar-refractivity contribution in [1.29, 1.82) is 0 Å². The first-order valence-corrected chi connectivity index (χ1v) is 6.85. The number of nitrogens with one attached hydrogen (secondary N) is 1. The molecule has 0 aliphatic carbocycles. The Kier molecular flexibility index (Phi) is 5.47. The molecule has 0 aliphatic rings. The summed E-state index contributed by atoms with van der Waals surface area (Å²) in [5.41, 5.74) is 0.592. The molecule has 0 radical (unpaired) electrons. The Morgan fingerprint density at radius 1 is 1.39 bits per heavy atom. The first kappa shape index (κ1) is 15.3. The van der Waals surface area contributed by atoms with Crippen molar-refractivity contribution in [2.75, 3.05) is 6.54 Å². The van der Waals surface area contributed by atoms with E-state index in [4.69, 9.17) is 16.3 Å². The summed E-state index contributed by atoms with van der Waals surface area (Å²) < 4.78 is 6.07. The number of carbonyl (C=O) groups excluding carboxylic acids is 1. The molecule has 5 heteroatoms. The lowest BCUT2D eigenvalue weighted by atomic mass is 10.1. The Labute approximate surface area is 121 Å². The molecular weight excluding hydrogens is 318 g/mol. The molecule has 0 heterocycles. The molecule has 100 valence electrons. The summed E-state index contributed by atoms with van der Waals surface area (Å²) in [6, 6.07) is 5.68. The molecule has 0 aromatic heterocycles. The number of alkyl carbamates (subject to hydrolysis) is 1. The van der Waals surface area contributed by atoms with E-state index in [1.54, 1.807) is 0 Å². The van der Waals surface area contributed by atoms with E-state index in [-0.39, 0.29) is 0 Å². The summed E-state index contributed by atoms with van der Waals surface area (Å²) in [5, 5.41) is 3.38. The van der Waals surface area contributed by atoms with Crippen molar-refractivity contribution in [1.82, 2.24) is 5.32 Å². The Hall–Kier alpha value is -0.740. The van der Waals surface area contributed by atoms with Gasteiger partial charge in [0.05, 0.1) is 0 Å². The van der Waals surface area contributed by atoms with E-state index >= 15 is 0 Å². The predicted molar refractivity (Wildman–Crippen MR) is 77.1 cm³/mol. The van der Waals surface area contributed by atoms with Crippen molar-refractivity contribution in [3.05, 3.63) is 33.3 Å². The van der Waals surface area contributed by atoms with E-state index in [0.717, 1.165) is 10.0 Å². The molecule has 0 fully saturated rings. The molecule has 0 spiro atoms. The van der Waals surface area contributed by atoms with Gasteiger partial charge in [0.15, 0.2) is 0 Å². The van der Waals surface area contributed by atoms with Crippen LogP contribution in [-0.4, -0.2) is 18.2 Å². The van der Waals surface area contributed by atoms with Gasteiger partial charge in [-0.05, 0) is 51.0 Å². The van der Waals surface area contributed by atoms with Crippen molar-refractivity contribution in [2.24, 2.45) is 0 Å². The zero-order valence-corrected chi connectivity index (χ0v) is 13.1. The van der Waals surface area contributed by atoms with Gasteiger partial charge >= 0.3 is 6.09 Å². The third-order valence-corrected chi connectivity index (χ3v) is 2.68. The quantitative estimate of drug-likeness (QED) is 0.901. The van der Waals surface area contributed by atoms with Crippen LogP contribution in [0.2, 0.25) is 5.02 Å². The van der Waals surface area contributed by atoms with Crippen LogP contribution in [0.25, 0.3) is 0 Å². The maximum atomic E-state index is 11.4. The third-order valence-electron chi connectivity index (χ3n) is 2.00. The minimum atomic E-state index is -0.469. The lowest BCUT2D eigenvalue weighted by Gasteiger charge is -2.19. The zero-order valence-electron chi connectivity index (χ0n) is 10.7. The van der Waals surface area contributed by atoms with Gasteiger partial charge in [0.1, 0.15) is 5.60 Å². The average molecular weight is 335 g/mol. The Bertz CT molecular complexity index is 409. The molecule has 0 aliphatic heterocycles. The van der Waals surface area contributed by atoms with Crippen LogP contribution in [0.1, 0.15) is 26.3 Å². The second-order valence-corrected chi connectivity index (χ2v) is 6.31. The summed E-state index contributed by atoms with van der Waals surface area (Å²) in [6.45, 7) is 6.02. The fourth-order valence-corrected chi connectivity index (χ4v) is 2.31. The molecule has 0 unspecified atom stereocenters. The maximum Gasteiger partial charge on any atom is 0.407 e. The van der Waals surface area contributed by atoms with Gasteiger partial charge in [-0.2, -0.15) is 0 Å². The Morgan fingerprint density at radius 2 is 2.06 bits per heavy atom. The second-order valence-electron chi connectivity index (χ2n) is 4.96. The molecular formula is C13H17BrClNO2. The van der Waals surface area contributed by atoms with Crippen LogP contribution in [0.15, 0.2) is 22.7 Å². The van der Waals surface area contributed by atoms with Gasteiger partial charge in [0.25, 0.3) is 0 Å². The van der Waals surface area contributed by atoms with Crippen molar-refractivity contribution >= 4 is 33.6 Å². The van der Waals surface area contributed by atoms with Crippen LogP contribution >= 0.6 is 27.5 Å². The van der Waals surface area contributed by atoms with Crippen LogP contribution in [0.3, 0.4) is 0 Å². The smallest absolute Gasteiger partial charge is 0.407 e. The molecule has 1 rings (SSSR count). The standard InChI is InChI=1S/C13H17BrClNO2/c1-13(2,3)18-12(17)16-5-4-9-6-10(14)8-11(15)7-9/h6-8H,4-5H2,1-3H3,(H,16,17). The minimum Gasteiger partial charge on any atom is -0.444 e. The normalized spacial score (nSPS) is 11.2. The fourth-order valence-electron chi connectivity index (χ4n) is 1.38. The van der Waals surface area contributed by atoms with E-state index in [1.807, 2.05) is 39.0 Å². The lowest BCUT2D eigenvalue weighted by molar-refractivity contribution is 0.0528. The first-order valence-electron chi connectivity index (χ1n) is 5.68. The summed E-state index contributed by atoms with van der Waals surface area (Å²) in [5.74, 6) is 0. The van der Waals surface area contributed by atoms with Crippen LogP contribution in [0.5, 0.6) is 0 Å². The Morgan fingerprint density at radius 3 is 2.61 bits per heavy atom. The number of rotatable bonds is 3. The number of hydrogen-bond donors (Lipinski definition) is 1. The highest BCUT2D eigenvalue weighted by molar-refractivity contribution is 9.10. The van der Waals surface area contributed by atoms with E-state index in [9.17, 15) is 4.79 Å². The third kappa shape index (κ3) is 6.26. The predicted octanol–water partition coefficient (Wildman–Crippen LogP) is 4.17. The number of hydrogen-bond acceptors (Lipinski definition) is 2. The summed E-state index contributed by atoms with van der Waals surface area (Å²) >= 11 is 9.31. The average Bonchev–Trinajstić information content (AvgIpc) is 2.12. The van der Waals surface area contributed by atoms with E-state index < -0.39 is 11.7 Å². The molecule has 0 saturated carbocycles. The zero-order chi connectivity index (χ0) is 13.8. The molecule has 3 nitrogen and oxygen atoms in total. The monoisotopic (exact) mass is 333 g/mol. The number of amides is 1. The van der Waals surface area contributed by atoms with Gasteiger partial charge in [0.2, 0.25) is 0 Å². The van der Waals surface area contributed by atoms with Crippen molar-refractivity contribution in [3.63, 3.8) is 0 Å². The van der Waals surface area contributed by atoms with Crippen LogP contribution in [-0.2, 0) is 11.2 Å². The van der Waals surface area contributed by atoms with E-state index in [0.29, 0.717) is 18.0 Å². The Balaban J connectivity index is 2.40. The molecule has 0 atom stereocenters. The van der Waals surface area contributed by atoms with Gasteiger partial charge in [-0.15, -0.1) is 0 Å². The highest BCUT2D eigenvalue weighted by Crippen LogP contribution is 2.19. The molecule has 18 heavy (non-hydrogen) atoms. The largest absolute Gasteiger partial charge is 0.444 e.